The Hall–Kier alpha value is -2.66. The summed E-state index contributed by atoms with van der Waals surface area (Å²) < 4.78 is 10.8. The van der Waals surface area contributed by atoms with Gasteiger partial charge in [0, 0.05) is 11.4 Å². The van der Waals surface area contributed by atoms with Crippen LogP contribution in [0.3, 0.4) is 0 Å². The number of carbonyl (C=O) groups excluding carboxylic acids is 1. The van der Waals surface area contributed by atoms with Crippen LogP contribution < -0.4 is 9.47 Å². The summed E-state index contributed by atoms with van der Waals surface area (Å²) in [5.74, 6) is 2.04. The van der Waals surface area contributed by atoms with Crippen molar-refractivity contribution in [1.82, 2.24) is 4.90 Å². The number of methoxy groups -OCH3 is 2. The maximum Gasteiger partial charge on any atom is 0.233 e. The highest BCUT2D eigenvalue weighted by Crippen LogP contribution is 2.37. The average Bonchev–Trinajstić information content (AvgIpc) is 3.27. The van der Waals surface area contributed by atoms with E-state index in [0.29, 0.717) is 17.3 Å². The molecule has 29 heavy (non-hydrogen) atoms. The maximum absolute atomic E-state index is 13.0. The number of benzene rings is 3. The summed E-state index contributed by atoms with van der Waals surface area (Å²) in [5.41, 5.74) is 1.10. The summed E-state index contributed by atoms with van der Waals surface area (Å²) in [7, 11) is 3.27. The first-order valence-electron chi connectivity index (χ1n) is 9.82. The Morgan fingerprint density at radius 3 is 2.59 bits per heavy atom. The molecule has 0 unspecified atom stereocenters. The van der Waals surface area contributed by atoms with Gasteiger partial charge in [-0.15, -0.1) is 11.8 Å². The van der Waals surface area contributed by atoms with Crippen LogP contribution in [0.25, 0.3) is 10.8 Å². The standard InChI is InChI=1S/C24H25NO3S/c1-27-22-12-10-19(15-23(22)28-2)21-8-5-13-25(21)24(26)16-29-20-11-9-17-6-3-4-7-18(17)14-20/h3-4,6-7,9-12,14-15,21H,5,8,13,16H2,1-2H3/t21-/m0/s1. The number of hydrogen-bond acceptors (Lipinski definition) is 4. The molecular weight excluding hydrogens is 382 g/mol. The van der Waals surface area contributed by atoms with E-state index in [-0.39, 0.29) is 11.9 Å². The van der Waals surface area contributed by atoms with Gasteiger partial charge in [0.25, 0.3) is 0 Å². The molecule has 3 aromatic carbocycles. The number of ether oxygens (including phenoxy) is 2. The Labute approximate surface area is 175 Å². The van der Waals surface area contributed by atoms with Crippen molar-refractivity contribution in [1.29, 1.82) is 0 Å². The summed E-state index contributed by atoms with van der Waals surface area (Å²) in [4.78, 5) is 16.1. The topological polar surface area (TPSA) is 38.8 Å². The molecule has 0 N–H and O–H groups in total. The van der Waals surface area contributed by atoms with Crippen LogP contribution >= 0.6 is 11.8 Å². The van der Waals surface area contributed by atoms with E-state index in [2.05, 4.69) is 30.3 Å². The van der Waals surface area contributed by atoms with Crippen molar-refractivity contribution < 1.29 is 14.3 Å². The number of fused-ring (bicyclic) bond motifs is 1. The van der Waals surface area contributed by atoms with Crippen LogP contribution in [-0.2, 0) is 4.79 Å². The van der Waals surface area contributed by atoms with Gasteiger partial charge in [0.1, 0.15) is 0 Å². The molecular formula is C24H25NO3S. The van der Waals surface area contributed by atoms with Gasteiger partial charge < -0.3 is 14.4 Å². The predicted molar refractivity (Wildman–Crippen MR) is 118 cm³/mol. The number of carbonyl (C=O) groups is 1. The molecule has 0 saturated carbocycles. The first-order chi connectivity index (χ1) is 14.2. The normalized spacial score (nSPS) is 16.2. The number of hydrogen-bond donors (Lipinski definition) is 0. The Bertz CT molecular complexity index is 1020. The molecule has 1 heterocycles. The molecule has 1 amide bonds. The van der Waals surface area contributed by atoms with Crippen molar-refractivity contribution in [3.63, 3.8) is 0 Å². The van der Waals surface area contributed by atoms with Crippen LogP contribution in [0.4, 0.5) is 0 Å². The highest BCUT2D eigenvalue weighted by Gasteiger charge is 2.30. The lowest BCUT2D eigenvalue weighted by atomic mass is 10.0. The van der Waals surface area contributed by atoms with Crippen LogP contribution in [0, 0.1) is 0 Å². The van der Waals surface area contributed by atoms with Gasteiger partial charge in [-0.2, -0.15) is 0 Å². The zero-order chi connectivity index (χ0) is 20.2. The Balaban J connectivity index is 1.46. The molecule has 5 heteroatoms. The average molecular weight is 408 g/mol. The molecule has 1 atom stereocenters. The highest BCUT2D eigenvalue weighted by atomic mass is 32.2. The summed E-state index contributed by atoms with van der Waals surface area (Å²) in [6.07, 6.45) is 1.99. The third kappa shape index (κ3) is 4.20. The molecule has 4 nitrogen and oxygen atoms in total. The minimum atomic E-state index is 0.0968. The fraction of sp³-hybridized carbons (Fsp3) is 0.292. The number of rotatable bonds is 6. The fourth-order valence-electron chi connectivity index (χ4n) is 3.96. The minimum absolute atomic E-state index is 0.0968. The summed E-state index contributed by atoms with van der Waals surface area (Å²) in [5, 5.41) is 2.42. The van der Waals surface area contributed by atoms with E-state index in [1.807, 2.05) is 35.2 Å². The fourth-order valence-corrected chi connectivity index (χ4v) is 4.79. The summed E-state index contributed by atoms with van der Waals surface area (Å²) in [6, 6.07) is 20.7. The van der Waals surface area contributed by atoms with Gasteiger partial charge >= 0.3 is 0 Å². The SMILES string of the molecule is COc1ccc([C@@H]2CCCN2C(=O)CSc2ccc3ccccc3c2)cc1OC. The highest BCUT2D eigenvalue weighted by molar-refractivity contribution is 8.00. The van der Waals surface area contributed by atoms with Crippen LogP contribution in [0.2, 0.25) is 0 Å². The van der Waals surface area contributed by atoms with Crippen molar-refractivity contribution in [2.45, 2.75) is 23.8 Å². The largest absolute Gasteiger partial charge is 0.493 e. The molecule has 150 valence electrons. The quantitative estimate of drug-likeness (QED) is 0.519. The van der Waals surface area contributed by atoms with Crippen molar-refractivity contribution in [2.75, 3.05) is 26.5 Å². The molecule has 3 aromatic rings. The molecule has 0 bridgehead atoms. The first kappa shape index (κ1) is 19.6. The van der Waals surface area contributed by atoms with Crippen molar-refractivity contribution in [2.24, 2.45) is 0 Å². The molecule has 0 aromatic heterocycles. The third-order valence-electron chi connectivity index (χ3n) is 5.45. The molecule has 1 fully saturated rings. The Kier molecular flexibility index (Phi) is 5.95. The van der Waals surface area contributed by atoms with E-state index in [1.165, 1.54) is 10.8 Å². The van der Waals surface area contributed by atoms with Gasteiger partial charge in [-0.3, -0.25) is 4.79 Å². The molecule has 0 spiro atoms. The Morgan fingerprint density at radius 1 is 1.00 bits per heavy atom. The van der Waals surface area contributed by atoms with Crippen molar-refractivity contribution >= 4 is 28.4 Å². The van der Waals surface area contributed by atoms with Gasteiger partial charge in [-0.25, -0.2) is 0 Å². The molecule has 0 radical (unpaired) electrons. The maximum atomic E-state index is 13.0. The Morgan fingerprint density at radius 2 is 1.79 bits per heavy atom. The van der Waals surface area contributed by atoms with Crippen LogP contribution in [0.5, 0.6) is 11.5 Å². The van der Waals surface area contributed by atoms with Gasteiger partial charge in [0.15, 0.2) is 11.5 Å². The van der Waals surface area contributed by atoms with Crippen molar-refractivity contribution in [3.8, 4) is 11.5 Å². The minimum Gasteiger partial charge on any atom is -0.493 e. The van der Waals surface area contributed by atoms with E-state index < -0.39 is 0 Å². The molecule has 1 saturated heterocycles. The summed E-state index contributed by atoms with van der Waals surface area (Å²) in [6.45, 7) is 0.802. The van der Waals surface area contributed by atoms with E-state index in [9.17, 15) is 4.79 Å². The molecule has 1 aliphatic rings. The second-order valence-electron chi connectivity index (χ2n) is 7.16. The number of thioether (sulfide) groups is 1. The molecule has 4 rings (SSSR count). The van der Waals surface area contributed by atoms with Crippen LogP contribution in [-0.4, -0.2) is 37.3 Å². The lowest BCUT2D eigenvalue weighted by molar-refractivity contribution is -0.129. The van der Waals surface area contributed by atoms with Gasteiger partial charge in [-0.05, 0) is 53.4 Å². The number of amides is 1. The lowest BCUT2D eigenvalue weighted by Gasteiger charge is -2.25. The van der Waals surface area contributed by atoms with Crippen molar-refractivity contribution in [3.05, 3.63) is 66.2 Å². The number of likely N-dealkylation sites (tertiary alicyclic amines) is 1. The van der Waals surface area contributed by atoms with E-state index >= 15 is 0 Å². The van der Waals surface area contributed by atoms with E-state index in [4.69, 9.17) is 9.47 Å². The summed E-state index contributed by atoms with van der Waals surface area (Å²) >= 11 is 1.61. The van der Waals surface area contributed by atoms with Crippen LogP contribution in [0.1, 0.15) is 24.4 Å². The second kappa shape index (κ2) is 8.78. The zero-order valence-electron chi connectivity index (χ0n) is 16.8. The lowest BCUT2D eigenvalue weighted by Crippen LogP contribution is -2.32. The smallest absolute Gasteiger partial charge is 0.233 e. The second-order valence-corrected chi connectivity index (χ2v) is 8.21. The third-order valence-corrected chi connectivity index (χ3v) is 6.43. The zero-order valence-corrected chi connectivity index (χ0v) is 17.6. The van der Waals surface area contributed by atoms with Gasteiger partial charge in [0.2, 0.25) is 5.91 Å². The number of nitrogens with zero attached hydrogens (tertiary/aromatic N) is 1. The predicted octanol–water partition coefficient (Wildman–Crippen LogP) is 5.31. The van der Waals surface area contributed by atoms with E-state index in [0.717, 1.165) is 29.8 Å². The monoisotopic (exact) mass is 407 g/mol. The van der Waals surface area contributed by atoms with Gasteiger partial charge in [0.05, 0.1) is 26.0 Å². The van der Waals surface area contributed by atoms with E-state index in [1.54, 1.807) is 26.0 Å². The molecule has 0 aliphatic carbocycles. The van der Waals surface area contributed by atoms with Gasteiger partial charge in [-0.1, -0.05) is 36.4 Å². The molecule has 1 aliphatic heterocycles. The first-order valence-corrected chi connectivity index (χ1v) is 10.8. The van der Waals surface area contributed by atoms with Crippen LogP contribution in [0.15, 0.2) is 65.6 Å².